The van der Waals surface area contributed by atoms with Crippen molar-refractivity contribution < 1.29 is 0 Å². The molecule has 1 saturated carbocycles. The van der Waals surface area contributed by atoms with Crippen LogP contribution in [0.5, 0.6) is 0 Å². The second-order valence-corrected chi connectivity index (χ2v) is 4.66. The third-order valence-electron chi connectivity index (χ3n) is 2.87. The Kier molecular flexibility index (Phi) is 6.18. The number of aliphatic imine (C=N–C) groups is 1. The number of hydrogen-bond acceptors (Lipinski definition) is 3. The Labute approximate surface area is 98.4 Å². The number of nitrogens with two attached hydrogens (primary N) is 1. The van der Waals surface area contributed by atoms with Crippen molar-refractivity contribution in [1.29, 1.82) is 0 Å². The summed E-state index contributed by atoms with van der Waals surface area (Å²) in [6.45, 7) is 1.88. The summed E-state index contributed by atoms with van der Waals surface area (Å²) in [4.78, 5) is 6.58. The third-order valence-corrected chi connectivity index (χ3v) is 2.87. The maximum Gasteiger partial charge on any atom is 0.205 e. The van der Waals surface area contributed by atoms with Crippen molar-refractivity contribution in [3.8, 4) is 0 Å². The van der Waals surface area contributed by atoms with Crippen molar-refractivity contribution in [3.05, 3.63) is 0 Å². The SMILES string of the molecule is CN(C)CCCN=C(NN)NC1CCCC1. The van der Waals surface area contributed by atoms with Gasteiger partial charge < -0.3 is 10.2 Å². The highest BCUT2D eigenvalue weighted by Gasteiger charge is 2.15. The van der Waals surface area contributed by atoms with E-state index in [0.29, 0.717) is 6.04 Å². The molecular weight excluding hydrogens is 202 g/mol. The molecule has 5 nitrogen and oxygen atoms in total. The molecule has 0 aliphatic heterocycles. The molecule has 1 rings (SSSR count). The molecule has 1 aliphatic carbocycles. The maximum absolute atomic E-state index is 5.44. The lowest BCUT2D eigenvalue weighted by Crippen LogP contribution is -2.45. The van der Waals surface area contributed by atoms with Gasteiger partial charge in [-0.2, -0.15) is 0 Å². The van der Waals surface area contributed by atoms with Crippen LogP contribution in [-0.4, -0.2) is 44.1 Å². The van der Waals surface area contributed by atoms with E-state index in [1.54, 1.807) is 0 Å². The maximum atomic E-state index is 5.44. The van der Waals surface area contributed by atoms with Gasteiger partial charge in [0.15, 0.2) is 0 Å². The van der Waals surface area contributed by atoms with E-state index in [2.05, 4.69) is 34.7 Å². The molecule has 0 spiro atoms. The largest absolute Gasteiger partial charge is 0.353 e. The highest BCUT2D eigenvalue weighted by Crippen LogP contribution is 2.17. The van der Waals surface area contributed by atoms with Crippen LogP contribution >= 0.6 is 0 Å². The summed E-state index contributed by atoms with van der Waals surface area (Å²) < 4.78 is 0. The number of nitrogens with zero attached hydrogens (tertiary/aromatic N) is 2. The van der Waals surface area contributed by atoms with Crippen LogP contribution in [0.15, 0.2) is 4.99 Å². The Bertz CT molecular complexity index is 208. The first-order valence-electron chi connectivity index (χ1n) is 6.14. The van der Waals surface area contributed by atoms with Crippen molar-refractivity contribution in [2.75, 3.05) is 27.2 Å². The Morgan fingerprint density at radius 3 is 2.62 bits per heavy atom. The second kappa shape index (κ2) is 7.46. The number of hydrogen-bond donors (Lipinski definition) is 3. The van der Waals surface area contributed by atoms with Gasteiger partial charge in [-0.1, -0.05) is 12.8 Å². The fraction of sp³-hybridized carbons (Fsp3) is 0.909. The summed E-state index contributed by atoms with van der Waals surface area (Å²) in [7, 11) is 4.14. The van der Waals surface area contributed by atoms with Crippen molar-refractivity contribution in [2.24, 2.45) is 10.8 Å². The van der Waals surface area contributed by atoms with Gasteiger partial charge >= 0.3 is 0 Å². The van der Waals surface area contributed by atoms with E-state index in [0.717, 1.165) is 25.5 Å². The first-order chi connectivity index (χ1) is 7.72. The molecule has 16 heavy (non-hydrogen) atoms. The molecule has 94 valence electrons. The fourth-order valence-corrected chi connectivity index (χ4v) is 1.97. The lowest BCUT2D eigenvalue weighted by molar-refractivity contribution is 0.403. The number of nitrogens with one attached hydrogen (secondary N) is 2. The molecule has 5 heteroatoms. The van der Waals surface area contributed by atoms with E-state index in [-0.39, 0.29) is 0 Å². The number of guanidine groups is 1. The second-order valence-electron chi connectivity index (χ2n) is 4.66. The van der Waals surface area contributed by atoms with E-state index in [1.807, 2.05) is 0 Å². The van der Waals surface area contributed by atoms with E-state index >= 15 is 0 Å². The van der Waals surface area contributed by atoms with Gasteiger partial charge in [0, 0.05) is 12.6 Å². The van der Waals surface area contributed by atoms with Crippen LogP contribution in [-0.2, 0) is 0 Å². The Hall–Kier alpha value is -0.810. The molecule has 0 aromatic rings. The van der Waals surface area contributed by atoms with Crippen molar-refractivity contribution >= 4 is 5.96 Å². The van der Waals surface area contributed by atoms with Crippen LogP contribution in [0.1, 0.15) is 32.1 Å². The zero-order chi connectivity index (χ0) is 11.8. The normalized spacial score (nSPS) is 18.1. The highest BCUT2D eigenvalue weighted by molar-refractivity contribution is 5.79. The molecule has 1 aliphatic rings. The molecule has 0 bridgehead atoms. The molecule has 0 aromatic heterocycles. The fourth-order valence-electron chi connectivity index (χ4n) is 1.97. The van der Waals surface area contributed by atoms with Gasteiger partial charge in [-0.05, 0) is 39.9 Å². The summed E-state index contributed by atoms with van der Waals surface area (Å²) in [5, 5.41) is 3.35. The van der Waals surface area contributed by atoms with Crippen LogP contribution in [0.25, 0.3) is 0 Å². The smallest absolute Gasteiger partial charge is 0.205 e. The molecule has 0 saturated heterocycles. The molecule has 0 unspecified atom stereocenters. The quantitative estimate of drug-likeness (QED) is 0.208. The zero-order valence-corrected chi connectivity index (χ0v) is 10.5. The molecule has 0 amide bonds. The summed E-state index contributed by atoms with van der Waals surface area (Å²) in [5.74, 6) is 6.18. The average Bonchev–Trinajstić information content (AvgIpc) is 2.75. The van der Waals surface area contributed by atoms with Crippen molar-refractivity contribution in [3.63, 3.8) is 0 Å². The van der Waals surface area contributed by atoms with Crippen LogP contribution in [0.3, 0.4) is 0 Å². The van der Waals surface area contributed by atoms with Crippen molar-refractivity contribution in [2.45, 2.75) is 38.1 Å². The molecular formula is C11H25N5. The van der Waals surface area contributed by atoms with Gasteiger partial charge in [0.1, 0.15) is 0 Å². The predicted octanol–water partition coefficient (Wildman–Crippen LogP) is 0.290. The topological polar surface area (TPSA) is 65.7 Å². The number of hydrazine groups is 1. The Morgan fingerprint density at radius 1 is 1.38 bits per heavy atom. The minimum Gasteiger partial charge on any atom is -0.353 e. The average molecular weight is 227 g/mol. The predicted molar refractivity (Wildman–Crippen MR) is 68.2 cm³/mol. The molecule has 0 aromatic carbocycles. The molecule has 1 fully saturated rings. The summed E-state index contributed by atoms with van der Waals surface area (Å²) in [6.07, 6.45) is 6.16. The van der Waals surface area contributed by atoms with E-state index in [4.69, 9.17) is 5.84 Å². The van der Waals surface area contributed by atoms with Gasteiger partial charge in [-0.25, -0.2) is 5.84 Å². The molecule has 0 radical (unpaired) electrons. The molecule has 4 N–H and O–H groups in total. The first kappa shape index (κ1) is 13.3. The van der Waals surface area contributed by atoms with Gasteiger partial charge in [0.2, 0.25) is 5.96 Å². The lowest BCUT2D eigenvalue weighted by atomic mass is 10.2. The monoisotopic (exact) mass is 227 g/mol. The minimum absolute atomic E-state index is 0.559. The van der Waals surface area contributed by atoms with E-state index in [1.165, 1.54) is 25.7 Å². The molecule has 0 heterocycles. The van der Waals surface area contributed by atoms with Crippen LogP contribution in [0.4, 0.5) is 0 Å². The van der Waals surface area contributed by atoms with Crippen molar-refractivity contribution in [1.82, 2.24) is 15.6 Å². The van der Waals surface area contributed by atoms with Crippen LogP contribution in [0.2, 0.25) is 0 Å². The Balaban J connectivity index is 2.20. The zero-order valence-electron chi connectivity index (χ0n) is 10.5. The molecule has 0 atom stereocenters. The standard InChI is InChI=1S/C11H25N5/c1-16(2)9-5-8-13-11(15-12)14-10-6-3-4-7-10/h10H,3-9,12H2,1-2H3,(H2,13,14,15). The lowest BCUT2D eigenvalue weighted by Gasteiger charge is -2.15. The summed E-state index contributed by atoms with van der Waals surface area (Å²) in [6, 6.07) is 0.559. The van der Waals surface area contributed by atoms with E-state index < -0.39 is 0 Å². The highest BCUT2D eigenvalue weighted by atomic mass is 15.3. The number of rotatable bonds is 5. The van der Waals surface area contributed by atoms with Gasteiger partial charge in [0.25, 0.3) is 0 Å². The van der Waals surface area contributed by atoms with Crippen LogP contribution < -0.4 is 16.6 Å². The Morgan fingerprint density at radius 2 is 2.06 bits per heavy atom. The van der Waals surface area contributed by atoms with Gasteiger partial charge in [-0.3, -0.25) is 10.4 Å². The third kappa shape index (κ3) is 5.32. The van der Waals surface area contributed by atoms with Gasteiger partial charge in [0.05, 0.1) is 0 Å². The van der Waals surface area contributed by atoms with Gasteiger partial charge in [-0.15, -0.1) is 0 Å². The summed E-state index contributed by atoms with van der Waals surface area (Å²) in [5.41, 5.74) is 2.64. The summed E-state index contributed by atoms with van der Waals surface area (Å²) >= 11 is 0. The van der Waals surface area contributed by atoms with E-state index in [9.17, 15) is 0 Å². The van der Waals surface area contributed by atoms with Crippen LogP contribution in [0, 0.1) is 0 Å². The first-order valence-corrected chi connectivity index (χ1v) is 6.14. The minimum atomic E-state index is 0.559.